The summed E-state index contributed by atoms with van der Waals surface area (Å²) in [6.07, 6.45) is 2.35. The van der Waals surface area contributed by atoms with E-state index in [2.05, 4.69) is 10.6 Å². The van der Waals surface area contributed by atoms with E-state index < -0.39 is 10.0 Å². The van der Waals surface area contributed by atoms with Crippen LogP contribution < -0.4 is 15.4 Å². The summed E-state index contributed by atoms with van der Waals surface area (Å²) in [7, 11) is -3.74. The lowest BCUT2D eigenvalue weighted by atomic mass is 10.1. The molecule has 2 saturated heterocycles. The zero-order valence-electron chi connectivity index (χ0n) is 17.4. The molecule has 2 aromatic carbocycles. The van der Waals surface area contributed by atoms with Gasteiger partial charge in [0.15, 0.2) is 0 Å². The second kappa shape index (κ2) is 9.97. The van der Waals surface area contributed by atoms with Gasteiger partial charge in [0.25, 0.3) is 5.91 Å². The minimum atomic E-state index is -3.74. The maximum Gasteiger partial charge on any atom is 0.251 e. The van der Waals surface area contributed by atoms with Crippen molar-refractivity contribution < 1.29 is 17.9 Å². The van der Waals surface area contributed by atoms with E-state index in [9.17, 15) is 13.2 Å². The number of carbonyl (C=O) groups is 1. The van der Waals surface area contributed by atoms with Gasteiger partial charge in [0.2, 0.25) is 10.0 Å². The Balaban J connectivity index is 1.40. The molecule has 0 bridgehead atoms. The van der Waals surface area contributed by atoms with Crippen LogP contribution in [0.3, 0.4) is 0 Å². The summed E-state index contributed by atoms with van der Waals surface area (Å²) >= 11 is 12.3. The molecule has 0 aromatic heterocycles. The zero-order valence-corrected chi connectivity index (χ0v) is 19.7. The lowest BCUT2D eigenvalue weighted by molar-refractivity contribution is 0.0939. The van der Waals surface area contributed by atoms with Gasteiger partial charge in [-0.25, -0.2) is 8.42 Å². The third kappa shape index (κ3) is 5.38. The molecule has 0 radical (unpaired) electrons. The number of piperidine rings is 1. The molecule has 2 heterocycles. The van der Waals surface area contributed by atoms with Crippen LogP contribution in [0.4, 0.5) is 0 Å². The van der Waals surface area contributed by atoms with Gasteiger partial charge < -0.3 is 15.4 Å². The summed E-state index contributed by atoms with van der Waals surface area (Å²) in [4.78, 5) is 12.6. The number of rotatable bonds is 6. The number of carbonyl (C=O) groups excluding carboxylic acids is 1. The summed E-state index contributed by atoms with van der Waals surface area (Å²) in [5.41, 5.74) is 0.440. The summed E-state index contributed by atoms with van der Waals surface area (Å²) in [6, 6.07) is 10.9. The minimum absolute atomic E-state index is 0.0682. The first-order valence-corrected chi connectivity index (χ1v) is 12.8. The quantitative estimate of drug-likeness (QED) is 0.638. The van der Waals surface area contributed by atoms with Crippen molar-refractivity contribution in [3.8, 4) is 5.75 Å². The van der Waals surface area contributed by atoms with Crippen molar-refractivity contribution in [2.75, 3.05) is 26.2 Å². The van der Waals surface area contributed by atoms with Gasteiger partial charge in [-0.2, -0.15) is 4.31 Å². The van der Waals surface area contributed by atoms with E-state index in [0.29, 0.717) is 29.3 Å². The standard InChI is InChI=1S/C22H25Cl2N3O4S/c23-16-3-1-2-15(12-16)22(28)26-17-8-11-27(14-17)32(29,30)19-4-5-21(20(24)13-19)31-18-6-9-25-10-7-18/h1-5,12-13,17-18,25H,6-11,14H2,(H,26,28)/t17-/m1/s1. The average molecular weight is 498 g/mol. The predicted octanol–water partition coefficient (Wildman–Crippen LogP) is 3.32. The van der Waals surface area contributed by atoms with Crippen molar-refractivity contribution in [1.82, 2.24) is 14.9 Å². The Bertz CT molecular complexity index is 1090. The lowest BCUT2D eigenvalue weighted by Crippen LogP contribution is -2.38. The fourth-order valence-corrected chi connectivity index (χ4v) is 5.95. The molecule has 0 saturated carbocycles. The Hall–Kier alpha value is -1.84. The van der Waals surface area contributed by atoms with Crippen LogP contribution in [-0.2, 0) is 10.0 Å². The summed E-state index contributed by atoms with van der Waals surface area (Å²) in [5.74, 6) is 0.213. The van der Waals surface area contributed by atoms with Gasteiger partial charge in [0, 0.05) is 29.7 Å². The van der Waals surface area contributed by atoms with Crippen molar-refractivity contribution in [3.63, 3.8) is 0 Å². The SMILES string of the molecule is O=C(N[C@@H]1CCN(S(=O)(=O)c2ccc(OC3CCNCC3)c(Cl)c2)C1)c1cccc(Cl)c1. The van der Waals surface area contributed by atoms with Crippen molar-refractivity contribution in [3.05, 3.63) is 58.1 Å². The van der Waals surface area contributed by atoms with E-state index in [1.165, 1.54) is 16.4 Å². The first-order valence-electron chi connectivity index (χ1n) is 10.6. The number of nitrogens with zero attached hydrogens (tertiary/aromatic N) is 1. The number of hydrogen-bond acceptors (Lipinski definition) is 5. The molecule has 2 aliphatic heterocycles. The molecule has 0 unspecified atom stereocenters. The molecule has 2 N–H and O–H groups in total. The Morgan fingerprint density at radius 2 is 1.88 bits per heavy atom. The highest BCUT2D eigenvalue weighted by molar-refractivity contribution is 7.89. The van der Waals surface area contributed by atoms with Crippen molar-refractivity contribution in [2.45, 2.75) is 36.3 Å². The largest absolute Gasteiger partial charge is 0.489 e. The highest BCUT2D eigenvalue weighted by atomic mass is 35.5. The summed E-state index contributed by atoms with van der Waals surface area (Å²) in [6.45, 7) is 2.28. The first kappa shape index (κ1) is 23.3. The van der Waals surface area contributed by atoms with Crippen molar-refractivity contribution in [2.24, 2.45) is 0 Å². The molecule has 1 amide bonds. The van der Waals surface area contributed by atoms with Crippen molar-refractivity contribution in [1.29, 1.82) is 0 Å². The monoisotopic (exact) mass is 497 g/mol. The first-order chi connectivity index (χ1) is 15.3. The Morgan fingerprint density at radius 3 is 2.59 bits per heavy atom. The van der Waals surface area contributed by atoms with E-state index in [4.69, 9.17) is 27.9 Å². The predicted molar refractivity (Wildman–Crippen MR) is 124 cm³/mol. The third-order valence-electron chi connectivity index (χ3n) is 5.69. The highest BCUT2D eigenvalue weighted by Gasteiger charge is 2.34. The number of nitrogens with one attached hydrogen (secondary N) is 2. The minimum Gasteiger partial charge on any atom is -0.489 e. The average Bonchev–Trinajstić information content (AvgIpc) is 3.25. The molecule has 10 heteroatoms. The Kier molecular flexibility index (Phi) is 7.27. The van der Waals surface area contributed by atoms with Crippen LogP contribution in [0.5, 0.6) is 5.75 Å². The van der Waals surface area contributed by atoms with Crippen molar-refractivity contribution >= 4 is 39.1 Å². The second-order valence-electron chi connectivity index (χ2n) is 7.99. The molecule has 32 heavy (non-hydrogen) atoms. The van der Waals surface area contributed by atoms with Crippen LogP contribution in [-0.4, -0.2) is 57.0 Å². The van der Waals surface area contributed by atoms with Gasteiger partial charge in [-0.3, -0.25) is 4.79 Å². The van der Waals surface area contributed by atoms with Gasteiger partial charge in [0.05, 0.1) is 9.92 Å². The van der Waals surface area contributed by atoms with E-state index >= 15 is 0 Å². The van der Waals surface area contributed by atoms with Gasteiger partial charge >= 0.3 is 0 Å². The van der Waals surface area contributed by atoms with Crippen LogP contribution >= 0.6 is 23.2 Å². The molecule has 2 aliphatic rings. The summed E-state index contributed by atoms with van der Waals surface area (Å²) < 4.78 is 33.6. The molecule has 4 rings (SSSR count). The molecule has 172 valence electrons. The van der Waals surface area contributed by atoms with E-state index in [0.717, 1.165) is 25.9 Å². The van der Waals surface area contributed by atoms with Crippen LogP contribution in [0, 0.1) is 0 Å². The van der Waals surface area contributed by atoms with Crippen LogP contribution in [0.15, 0.2) is 47.4 Å². The maximum atomic E-state index is 13.1. The number of sulfonamides is 1. The fraction of sp³-hybridized carbons (Fsp3) is 0.409. The number of hydrogen-bond donors (Lipinski definition) is 2. The van der Waals surface area contributed by atoms with Gasteiger partial charge in [0.1, 0.15) is 11.9 Å². The molecule has 2 fully saturated rings. The summed E-state index contributed by atoms with van der Waals surface area (Å²) in [5, 5.41) is 6.90. The number of halogens is 2. The second-order valence-corrected chi connectivity index (χ2v) is 10.8. The molecule has 2 aromatic rings. The normalized spacial score (nSPS) is 20.2. The van der Waals surface area contributed by atoms with Crippen LogP contribution in [0.25, 0.3) is 0 Å². The smallest absolute Gasteiger partial charge is 0.251 e. The van der Waals surface area contributed by atoms with Gasteiger partial charge in [-0.15, -0.1) is 0 Å². The topological polar surface area (TPSA) is 87.7 Å². The zero-order chi connectivity index (χ0) is 22.7. The molecule has 0 aliphatic carbocycles. The molecule has 0 spiro atoms. The lowest BCUT2D eigenvalue weighted by Gasteiger charge is -2.24. The van der Waals surface area contributed by atoms with Crippen LogP contribution in [0.1, 0.15) is 29.6 Å². The van der Waals surface area contributed by atoms with Gasteiger partial charge in [-0.05, 0) is 68.8 Å². The van der Waals surface area contributed by atoms with E-state index in [-0.39, 0.29) is 34.5 Å². The van der Waals surface area contributed by atoms with Gasteiger partial charge in [-0.1, -0.05) is 29.3 Å². The highest BCUT2D eigenvalue weighted by Crippen LogP contribution is 2.31. The Morgan fingerprint density at radius 1 is 1.09 bits per heavy atom. The van der Waals surface area contributed by atoms with E-state index in [1.54, 1.807) is 30.3 Å². The molecular formula is C22H25Cl2N3O4S. The van der Waals surface area contributed by atoms with Crippen LogP contribution in [0.2, 0.25) is 10.0 Å². The Labute approximate surface area is 198 Å². The molecule has 7 nitrogen and oxygen atoms in total. The molecule has 1 atom stereocenters. The third-order valence-corrected chi connectivity index (χ3v) is 8.09. The number of amides is 1. The fourth-order valence-electron chi connectivity index (χ4n) is 3.94. The maximum absolute atomic E-state index is 13.1. The number of ether oxygens (including phenoxy) is 1. The molecular weight excluding hydrogens is 473 g/mol. The number of benzene rings is 2. The van der Waals surface area contributed by atoms with E-state index in [1.807, 2.05) is 0 Å².